The van der Waals surface area contributed by atoms with Crippen LogP contribution in [-0.4, -0.2) is 51.1 Å². The number of amides is 1. The zero-order valence-electron chi connectivity index (χ0n) is 12.9. The van der Waals surface area contributed by atoms with E-state index in [1.54, 1.807) is 7.11 Å². The van der Waals surface area contributed by atoms with Gasteiger partial charge in [-0.1, -0.05) is 12.1 Å². The van der Waals surface area contributed by atoms with Gasteiger partial charge in [-0.15, -0.1) is 0 Å². The maximum absolute atomic E-state index is 12.2. The first-order valence-electron chi connectivity index (χ1n) is 7.29. The first-order chi connectivity index (χ1) is 10.4. The van der Waals surface area contributed by atoms with Crippen LogP contribution >= 0.6 is 0 Å². The van der Waals surface area contributed by atoms with Crippen molar-refractivity contribution in [2.75, 3.05) is 26.5 Å². The molecular formula is C15H22N2O4S. The molecule has 0 aromatic heterocycles. The molecule has 7 heteroatoms. The van der Waals surface area contributed by atoms with E-state index in [9.17, 15) is 13.2 Å². The van der Waals surface area contributed by atoms with Crippen molar-refractivity contribution in [2.24, 2.45) is 0 Å². The van der Waals surface area contributed by atoms with E-state index in [2.05, 4.69) is 5.32 Å². The average Bonchev–Trinajstić information content (AvgIpc) is 2.97. The third-order valence-corrected chi connectivity index (χ3v) is 5.07. The Labute approximate surface area is 131 Å². The number of nitrogens with zero attached hydrogens (tertiary/aromatic N) is 1. The fourth-order valence-electron chi connectivity index (χ4n) is 2.67. The lowest BCUT2D eigenvalue weighted by molar-refractivity contribution is -0.124. The molecule has 2 rings (SSSR count). The van der Waals surface area contributed by atoms with Crippen molar-refractivity contribution in [1.29, 1.82) is 0 Å². The van der Waals surface area contributed by atoms with Gasteiger partial charge in [0.05, 0.1) is 13.4 Å². The summed E-state index contributed by atoms with van der Waals surface area (Å²) in [7, 11) is -1.72. The van der Waals surface area contributed by atoms with Crippen LogP contribution in [0.3, 0.4) is 0 Å². The van der Waals surface area contributed by atoms with E-state index in [1.807, 2.05) is 24.3 Å². The Morgan fingerprint density at radius 2 is 2.23 bits per heavy atom. The van der Waals surface area contributed by atoms with Crippen molar-refractivity contribution in [3.63, 3.8) is 0 Å². The van der Waals surface area contributed by atoms with Crippen LogP contribution in [0.1, 0.15) is 18.4 Å². The molecule has 0 saturated carbocycles. The number of methoxy groups -OCH3 is 1. The number of nitrogens with one attached hydrogen (secondary N) is 1. The maximum Gasteiger partial charge on any atom is 0.238 e. The molecule has 1 aromatic rings. The molecule has 22 heavy (non-hydrogen) atoms. The van der Waals surface area contributed by atoms with Crippen LogP contribution in [0.2, 0.25) is 0 Å². The summed E-state index contributed by atoms with van der Waals surface area (Å²) in [4.78, 5) is 12.2. The van der Waals surface area contributed by atoms with Crippen LogP contribution in [0, 0.1) is 0 Å². The fraction of sp³-hybridized carbons (Fsp3) is 0.533. The van der Waals surface area contributed by atoms with Gasteiger partial charge in [-0.25, -0.2) is 8.42 Å². The predicted octanol–water partition coefficient (Wildman–Crippen LogP) is 0.778. The number of sulfonamides is 1. The molecule has 0 spiro atoms. The van der Waals surface area contributed by atoms with Crippen molar-refractivity contribution < 1.29 is 17.9 Å². The minimum absolute atomic E-state index is 0.217. The third kappa shape index (κ3) is 4.20. The molecule has 1 N–H and O–H groups in total. The van der Waals surface area contributed by atoms with Crippen LogP contribution in [-0.2, 0) is 21.2 Å². The number of carbonyl (C=O) groups is 1. The van der Waals surface area contributed by atoms with Crippen LogP contribution < -0.4 is 10.1 Å². The number of ether oxygens (including phenoxy) is 1. The molecule has 1 aromatic carbocycles. The van der Waals surface area contributed by atoms with Gasteiger partial charge in [0, 0.05) is 13.1 Å². The Morgan fingerprint density at radius 1 is 1.45 bits per heavy atom. The predicted molar refractivity (Wildman–Crippen MR) is 84.3 cm³/mol. The summed E-state index contributed by atoms with van der Waals surface area (Å²) in [6.07, 6.45) is 3.13. The topological polar surface area (TPSA) is 75.7 Å². The molecule has 1 atom stereocenters. The first-order valence-corrected chi connectivity index (χ1v) is 9.14. The summed E-state index contributed by atoms with van der Waals surface area (Å²) in [5.74, 6) is 0.564. The van der Waals surface area contributed by atoms with E-state index >= 15 is 0 Å². The molecule has 1 amide bonds. The van der Waals surface area contributed by atoms with Gasteiger partial charge in [0.25, 0.3) is 0 Å². The average molecular weight is 326 g/mol. The van der Waals surface area contributed by atoms with Crippen molar-refractivity contribution in [3.05, 3.63) is 29.8 Å². The smallest absolute Gasteiger partial charge is 0.238 e. The fourth-order valence-corrected chi connectivity index (χ4v) is 3.80. The lowest BCUT2D eigenvalue weighted by Crippen LogP contribution is -2.45. The second kappa shape index (κ2) is 7.11. The Bertz CT molecular complexity index is 630. The third-order valence-electron chi connectivity index (χ3n) is 3.78. The SMILES string of the molecule is COc1cccc(CCNC(=O)C2CCCN2S(C)(=O)=O)c1. The van der Waals surface area contributed by atoms with Gasteiger partial charge in [-0.05, 0) is 37.0 Å². The molecule has 1 heterocycles. The standard InChI is InChI=1S/C15H22N2O4S/c1-21-13-6-3-5-12(11-13)8-9-16-15(18)14-7-4-10-17(14)22(2,19)20/h3,5-6,11,14H,4,7-10H2,1-2H3,(H,16,18). The summed E-state index contributed by atoms with van der Waals surface area (Å²) >= 11 is 0. The van der Waals surface area contributed by atoms with E-state index in [0.717, 1.165) is 24.0 Å². The summed E-state index contributed by atoms with van der Waals surface area (Å²) in [6, 6.07) is 7.08. The Kier molecular flexibility index (Phi) is 5.42. The second-order valence-corrected chi connectivity index (χ2v) is 7.36. The van der Waals surface area contributed by atoms with Crippen LogP contribution in [0.4, 0.5) is 0 Å². The van der Waals surface area contributed by atoms with E-state index in [4.69, 9.17) is 4.74 Å². The van der Waals surface area contributed by atoms with Crippen LogP contribution in [0.15, 0.2) is 24.3 Å². The Balaban J connectivity index is 1.87. The van der Waals surface area contributed by atoms with E-state index < -0.39 is 16.1 Å². The molecule has 1 aliphatic heterocycles. The van der Waals surface area contributed by atoms with Crippen molar-refractivity contribution >= 4 is 15.9 Å². The monoisotopic (exact) mass is 326 g/mol. The molecule has 1 saturated heterocycles. The van der Waals surface area contributed by atoms with E-state index in [0.29, 0.717) is 25.9 Å². The molecule has 0 bridgehead atoms. The van der Waals surface area contributed by atoms with E-state index in [-0.39, 0.29) is 5.91 Å². The van der Waals surface area contributed by atoms with Gasteiger partial charge in [0.1, 0.15) is 11.8 Å². The molecule has 122 valence electrons. The molecule has 1 fully saturated rings. The maximum atomic E-state index is 12.2. The molecule has 0 radical (unpaired) electrons. The van der Waals surface area contributed by atoms with Gasteiger partial charge >= 0.3 is 0 Å². The van der Waals surface area contributed by atoms with Crippen LogP contribution in [0.5, 0.6) is 5.75 Å². The molecule has 0 aliphatic carbocycles. The normalized spacial score (nSPS) is 19.1. The summed E-state index contributed by atoms with van der Waals surface area (Å²) in [5.41, 5.74) is 1.06. The Hall–Kier alpha value is -1.60. The summed E-state index contributed by atoms with van der Waals surface area (Å²) in [5, 5.41) is 2.83. The van der Waals surface area contributed by atoms with Crippen molar-refractivity contribution in [3.8, 4) is 5.75 Å². The molecule has 6 nitrogen and oxygen atoms in total. The highest BCUT2D eigenvalue weighted by Gasteiger charge is 2.36. The molecular weight excluding hydrogens is 304 g/mol. The number of benzene rings is 1. The molecule has 1 aliphatic rings. The Morgan fingerprint density at radius 3 is 2.91 bits per heavy atom. The highest BCUT2D eigenvalue weighted by Crippen LogP contribution is 2.20. The lowest BCUT2D eigenvalue weighted by atomic mass is 10.1. The van der Waals surface area contributed by atoms with Gasteiger partial charge < -0.3 is 10.1 Å². The van der Waals surface area contributed by atoms with Gasteiger partial charge in [-0.2, -0.15) is 4.31 Å². The minimum Gasteiger partial charge on any atom is -0.497 e. The number of hydrogen-bond acceptors (Lipinski definition) is 4. The zero-order chi connectivity index (χ0) is 16.2. The summed E-state index contributed by atoms with van der Waals surface area (Å²) < 4.78 is 29.7. The number of hydrogen-bond donors (Lipinski definition) is 1. The molecule has 1 unspecified atom stereocenters. The van der Waals surface area contributed by atoms with E-state index in [1.165, 1.54) is 4.31 Å². The highest BCUT2D eigenvalue weighted by atomic mass is 32.2. The summed E-state index contributed by atoms with van der Waals surface area (Å²) in [6.45, 7) is 0.896. The quantitative estimate of drug-likeness (QED) is 0.838. The first kappa shape index (κ1) is 16.8. The van der Waals surface area contributed by atoms with Gasteiger partial charge in [0.15, 0.2) is 0 Å². The van der Waals surface area contributed by atoms with Crippen molar-refractivity contribution in [2.45, 2.75) is 25.3 Å². The lowest BCUT2D eigenvalue weighted by Gasteiger charge is -2.21. The van der Waals surface area contributed by atoms with Crippen molar-refractivity contribution in [1.82, 2.24) is 9.62 Å². The zero-order valence-corrected chi connectivity index (χ0v) is 13.7. The largest absolute Gasteiger partial charge is 0.497 e. The minimum atomic E-state index is -3.33. The van der Waals surface area contributed by atoms with Crippen LogP contribution in [0.25, 0.3) is 0 Å². The van der Waals surface area contributed by atoms with Gasteiger partial charge in [0.2, 0.25) is 15.9 Å². The highest BCUT2D eigenvalue weighted by molar-refractivity contribution is 7.88. The number of rotatable bonds is 6. The van der Waals surface area contributed by atoms with Gasteiger partial charge in [-0.3, -0.25) is 4.79 Å². The number of carbonyl (C=O) groups excluding carboxylic acids is 1. The second-order valence-electron chi connectivity index (χ2n) is 5.42.